The second kappa shape index (κ2) is 6.21. The fourth-order valence-electron chi connectivity index (χ4n) is 2.04. The van der Waals surface area contributed by atoms with E-state index in [1.165, 1.54) is 0 Å². The Bertz CT molecular complexity index is 225. The number of carbonyl (C=O) groups excluding carboxylic acids is 1. The molecule has 4 heteroatoms. The molecule has 4 nitrogen and oxygen atoms in total. The second-order valence-corrected chi connectivity index (χ2v) is 4.86. The lowest BCUT2D eigenvalue weighted by molar-refractivity contribution is -0.135. The molecule has 1 fully saturated rings. The molecule has 0 unspecified atom stereocenters. The highest BCUT2D eigenvalue weighted by atomic mass is 16.3. The molecule has 1 amide bonds. The van der Waals surface area contributed by atoms with Crippen LogP contribution in [-0.2, 0) is 4.79 Å². The average molecular weight is 228 g/mol. The van der Waals surface area contributed by atoms with E-state index in [4.69, 9.17) is 10.8 Å². The Morgan fingerprint density at radius 3 is 2.50 bits per heavy atom. The third kappa shape index (κ3) is 3.19. The number of hydrogen-bond donors (Lipinski definition) is 2. The summed E-state index contributed by atoms with van der Waals surface area (Å²) < 4.78 is 0. The number of likely N-dealkylation sites (tertiary alicyclic amines) is 1. The number of aliphatic hydroxyl groups is 1. The summed E-state index contributed by atoms with van der Waals surface area (Å²) in [7, 11) is 0. The molecule has 1 aliphatic heterocycles. The smallest absolute Gasteiger partial charge is 0.239 e. The van der Waals surface area contributed by atoms with Crippen LogP contribution in [0.3, 0.4) is 0 Å². The minimum absolute atomic E-state index is 0.0748. The molecule has 0 bridgehead atoms. The molecule has 0 aliphatic carbocycles. The zero-order valence-corrected chi connectivity index (χ0v) is 10.4. The van der Waals surface area contributed by atoms with Gasteiger partial charge in [-0.05, 0) is 24.7 Å². The normalized spacial score (nSPS) is 21.9. The fraction of sp³-hybridized carbons (Fsp3) is 0.917. The van der Waals surface area contributed by atoms with E-state index in [2.05, 4.69) is 6.92 Å². The summed E-state index contributed by atoms with van der Waals surface area (Å²) in [5, 5.41) is 9.02. The van der Waals surface area contributed by atoms with Crippen LogP contribution in [0.2, 0.25) is 0 Å². The largest absolute Gasteiger partial charge is 0.396 e. The van der Waals surface area contributed by atoms with Crippen LogP contribution in [0.1, 0.15) is 33.1 Å². The number of nitrogens with two attached hydrogens (primary N) is 1. The minimum atomic E-state index is -0.365. The lowest BCUT2D eigenvalue weighted by atomic mass is 9.95. The third-order valence-electron chi connectivity index (χ3n) is 3.73. The van der Waals surface area contributed by atoms with Crippen LogP contribution in [0, 0.1) is 11.8 Å². The van der Waals surface area contributed by atoms with Gasteiger partial charge in [-0.15, -0.1) is 0 Å². The molecule has 1 rings (SSSR count). The Morgan fingerprint density at radius 1 is 1.50 bits per heavy atom. The van der Waals surface area contributed by atoms with Crippen molar-refractivity contribution in [2.24, 2.45) is 17.6 Å². The predicted octanol–water partition coefficient (Wildman–Crippen LogP) is 0.591. The van der Waals surface area contributed by atoms with E-state index < -0.39 is 0 Å². The molecular weight excluding hydrogens is 204 g/mol. The molecule has 16 heavy (non-hydrogen) atoms. The molecule has 2 atom stereocenters. The first kappa shape index (κ1) is 13.5. The van der Waals surface area contributed by atoms with E-state index in [0.29, 0.717) is 5.92 Å². The molecule has 0 spiro atoms. The quantitative estimate of drug-likeness (QED) is 0.740. The van der Waals surface area contributed by atoms with Gasteiger partial charge in [0.25, 0.3) is 0 Å². The van der Waals surface area contributed by atoms with E-state index in [-0.39, 0.29) is 24.5 Å². The van der Waals surface area contributed by atoms with Gasteiger partial charge in [0.2, 0.25) is 5.91 Å². The van der Waals surface area contributed by atoms with Crippen molar-refractivity contribution in [1.29, 1.82) is 0 Å². The van der Waals surface area contributed by atoms with Crippen LogP contribution in [-0.4, -0.2) is 41.7 Å². The van der Waals surface area contributed by atoms with Crippen molar-refractivity contribution < 1.29 is 9.90 Å². The Labute approximate surface area is 97.8 Å². The summed E-state index contributed by atoms with van der Waals surface area (Å²) in [6, 6.07) is -0.365. The molecule has 1 saturated heterocycles. The van der Waals surface area contributed by atoms with E-state index in [0.717, 1.165) is 32.4 Å². The standard InChI is InChI=1S/C12H24N2O2/c1-3-9(2)11(13)12(16)14-6-4-10(8-15)5-7-14/h9-11,15H,3-8,13H2,1-2H3/t9-,11-/m0/s1. The van der Waals surface area contributed by atoms with Gasteiger partial charge in [0.15, 0.2) is 0 Å². The van der Waals surface area contributed by atoms with Gasteiger partial charge in [0.05, 0.1) is 6.04 Å². The van der Waals surface area contributed by atoms with Gasteiger partial charge in [-0.25, -0.2) is 0 Å². The Kier molecular flexibility index (Phi) is 5.22. The molecule has 0 aromatic heterocycles. The molecule has 0 saturated carbocycles. The predicted molar refractivity (Wildman–Crippen MR) is 63.8 cm³/mol. The van der Waals surface area contributed by atoms with Crippen molar-refractivity contribution in [1.82, 2.24) is 4.90 Å². The van der Waals surface area contributed by atoms with Crippen LogP contribution in [0.5, 0.6) is 0 Å². The first-order valence-electron chi connectivity index (χ1n) is 6.25. The highest BCUT2D eigenvalue weighted by Crippen LogP contribution is 2.18. The molecule has 0 aromatic carbocycles. The van der Waals surface area contributed by atoms with Gasteiger partial charge in [-0.3, -0.25) is 4.79 Å². The Morgan fingerprint density at radius 2 is 2.06 bits per heavy atom. The third-order valence-corrected chi connectivity index (χ3v) is 3.73. The van der Waals surface area contributed by atoms with Crippen LogP contribution in [0.25, 0.3) is 0 Å². The molecule has 0 aromatic rings. The summed E-state index contributed by atoms with van der Waals surface area (Å²) in [6.45, 7) is 5.79. The number of nitrogens with zero attached hydrogens (tertiary/aromatic N) is 1. The van der Waals surface area contributed by atoms with Crippen LogP contribution in [0.15, 0.2) is 0 Å². The number of rotatable bonds is 4. The summed E-state index contributed by atoms with van der Waals surface area (Å²) in [5.74, 6) is 0.678. The van der Waals surface area contributed by atoms with Gasteiger partial charge < -0.3 is 15.7 Å². The van der Waals surface area contributed by atoms with Crippen molar-refractivity contribution >= 4 is 5.91 Å². The number of carbonyl (C=O) groups is 1. The fourth-order valence-corrected chi connectivity index (χ4v) is 2.04. The molecule has 1 aliphatic rings. The number of amides is 1. The first-order valence-corrected chi connectivity index (χ1v) is 6.25. The maximum atomic E-state index is 12.0. The zero-order chi connectivity index (χ0) is 12.1. The van der Waals surface area contributed by atoms with Gasteiger partial charge in [-0.2, -0.15) is 0 Å². The molecule has 1 heterocycles. The van der Waals surface area contributed by atoms with E-state index >= 15 is 0 Å². The number of piperidine rings is 1. The van der Waals surface area contributed by atoms with Crippen molar-refractivity contribution in [3.05, 3.63) is 0 Å². The summed E-state index contributed by atoms with van der Waals surface area (Å²) in [5.41, 5.74) is 5.93. The van der Waals surface area contributed by atoms with E-state index in [9.17, 15) is 4.79 Å². The van der Waals surface area contributed by atoms with Crippen LogP contribution in [0.4, 0.5) is 0 Å². The van der Waals surface area contributed by atoms with Crippen molar-refractivity contribution in [3.63, 3.8) is 0 Å². The highest BCUT2D eigenvalue weighted by molar-refractivity contribution is 5.82. The Balaban J connectivity index is 2.44. The van der Waals surface area contributed by atoms with Gasteiger partial charge in [0.1, 0.15) is 0 Å². The molecule has 0 radical (unpaired) electrons. The van der Waals surface area contributed by atoms with Gasteiger partial charge >= 0.3 is 0 Å². The van der Waals surface area contributed by atoms with Gasteiger partial charge in [-0.1, -0.05) is 20.3 Å². The Hall–Kier alpha value is -0.610. The molecule has 3 N–H and O–H groups in total. The summed E-state index contributed by atoms with van der Waals surface area (Å²) in [4.78, 5) is 13.9. The van der Waals surface area contributed by atoms with Crippen LogP contribution < -0.4 is 5.73 Å². The lowest BCUT2D eigenvalue weighted by Gasteiger charge is -2.33. The van der Waals surface area contributed by atoms with E-state index in [1.54, 1.807) is 0 Å². The maximum absolute atomic E-state index is 12.0. The van der Waals surface area contributed by atoms with Crippen molar-refractivity contribution in [2.75, 3.05) is 19.7 Å². The number of aliphatic hydroxyl groups excluding tert-OH is 1. The highest BCUT2D eigenvalue weighted by Gasteiger charge is 2.28. The maximum Gasteiger partial charge on any atom is 0.239 e. The topological polar surface area (TPSA) is 66.6 Å². The SMILES string of the molecule is CC[C@H](C)[C@H](N)C(=O)N1CCC(CO)CC1. The summed E-state index contributed by atoms with van der Waals surface area (Å²) >= 11 is 0. The van der Waals surface area contributed by atoms with E-state index in [1.807, 2.05) is 11.8 Å². The average Bonchev–Trinajstić information content (AvgIpc) is 2.36. The molecule has 94 valence electrons. The number of hydrogen-bond acceptors (Lipinski definition) is 3. The van der Waals surface area contributed by atoms with Gasteiger partial charge in [0, 0.05) is 19.7 Å². The first-order chi connectivity index (χ1) is 7.60. The zero-order valence-electron chi connectivity index (χ0n) is 10.4. The van der Waals surface area contributed by atoms with Crippen molar-refractivity contribution in [3.8, 4) is 0 Å². The molecular formula is C12H24N2O2. The minimum Gasteiger partial charge on any atom is -0.396 e. The van der Waals surface area contributed by atoms with Crippen LogP contribution >= 0.6 is 0 Å². The lowest BCUT2D eigenvalue weighted by Crippen LogP contribution is -2.49. The summed E-state index contributed by atoms with van der Waals surface area (Å²) in [6.07, 6.45) is 2.73. The second-order valence-electron chi connectivity index (χ2n) is 4.86. The monoisotopic (exact) mass is 228 g/mol. The van der Waals surface area contributed by atoms with Crippen molar-refractivity contribution in [2.45, 2.75) is 39.2 Å².